The Kier molecular flexibility index (Phi) is 4.26. The van der Waals surface area contributed by atoms with Crippen molar-refractivity contribution in [3.8, 4) is 0 Å². The Morgan fingerprint density at radius 3 is 2.62 bits per heavy atom. The summed E-state index contributed by atoms with van der Waals surface area (Å²) >= 11 is 0. The lowest BCUT2D eigenvalue weighted by atomic mass is 9.91. The first-order valence-corrected chi connectivity index (χ1v) is 7.25. The average molecular weight is 224 g/mol. The highest BCUT2D eigenvalue weighted by Crippen LogP contribution is 2.31. The number of hydrogen-bond donors (Lipinski definition) is 1. The minimum atomic E-state index is 0.458. The Bertz CT molecular complexity index is 205. The smallest absolute Gasteiger partial charge is 0.0309 e. The molecule has 1 aliphatic carbocycles. The molecule has 0 aromatic rings. The standard InChI is InChI=1S/C14H28N2/c1-3-8-14(9-5-10-15-14)12-16(4-2)11-13-6-7-13/h13,15H,3-12H2,1-2H3. The highest BCUT2D eigenvalue weighted by Gasteiger charge is 2.35. The number of likely N-dealkylation sites (N-methyl/N-ethyl adjacent to an activating group) is 1. The van der Waals surface area contributed by atoms with Gasteiger partial charge < -0.3 is 10.2 Å². The summed E-state index contributed by atoms with van der Waals surface area (Å²) in [5.74, 6) is 1.03. The lowest BCUT2D eigenvalue weighted by Gasteiger charge is -2.35. The predicted octanol–water partition coefficient (Wildman–Crippen LogP) is 2.64. The molecule has 0 aromatic heterocycles. The quantitative estimate of drug-likeness (QED) is 0.715. The Morgan fingerprint density at radius 1 is 1.31 bits per heavy atom. The molecule has 2 fully saturated rings. The molecular weight excluding hydrogens is 196 g/mol. The third-order valence-electron chi connectivity index (χ3n) is 4.25. The molecule has 2 rings (SSSR count). The van der Waals surface area contributed by atoms with E-state index >= 15 is 0 Å². The number of hydrogen-bond acceptors (Lipinski definition) is 2. The lowest BCUT2D eigenvalue weighted by Crippen LogP contribution is -2.50. The SMILES string of the molecule is CCCC1(CN(CC)CC2CC2)CCCN1. The molecular formula is C14H28N2. The van der Waals surface area contributed by atoms with Gasteiger partial charge in [-0.1, -0.05) is 20.3 Å². The van der Waals surface area contributed by atoms with Crippen LogP contribution in [0.25, 0.3) is 0 Å². The van der Waals surface area contributed by atoms with E-state index in [1.807, 2.05) is 0 Å². The van der Waals surface area contributed by atoms with Gasteiger partial charge in [-0.25, -0.2) is 0 Å². The van der Waals surface area contributed by atoms with Crippen LogP contribution >= 0.6 is 0 Å². The van der Waals surface area contributed by atoms with Crippen LogP contribution in [0.1, 0.15) is 52.4 Å². The zero-order valence-corrected chi connectivity index (χ0v) is 11.1. The van der Waals surface area contributed by atoms with E-state index in [-0.39, 0.29) is 0 Å². The third kappa shape index (κ3) is 3.21. The molecule has 2 aliphatic rings. The average Bonchev–Trinajstić information content (AvgIpc) is 2.98. The summed E-state index contributed by atoms with van der Waals surface area (Å²) in [6.07, 6.45) is 8.39. The van der Waals surface area contributed by atoms with Crippen LogP contribution in [-0.2, 0) is 0 Å². The Labute approximate surface area is 101 Å². The van der Waals surface area contributed by atoms with Gasteiger partial charge in [-0.2, -0.15) is 0 Å². The Hall–Kier alpha value is -0.0800. The third-order valence-corrected chi connectivity index (χ3v) is 4.25. The molecule has 2 heteroatoms. The molecule has 0 aromatic carbocycles. The van der Waals surface area contributed by atoms with E-state index in [4.69, 9.17) is 0 Å². The highest BCUT2D eigenvalue weighted by molar-refractivity contribution is 4.95. The van der Waals surface area contributed by atoms with Crippen LogP contribution in [0, 0.1) is 5.92 Å². The molecule has 1 atom stereocenters. The molecule has 0 bridgehead atoms. The van der Waals surface area contributed by atoms with Crippen LogP contribution in [0.15, 0.2) is 0 Å². The molecule has 0 amide bonds. The van der Waals surface area contributed by atoms with Gasteiger partial charge in [0, 0.05) is 18.6 Å². The second-order valence-electron chi connectivity index (χ2n) is 5.83. The Balaban J connectivity index is 1.86. The molecule has 1 N–H and O–H groups in total. The van der Waals surface area contributed by atoms with Crippen molar-refractivity contribution in [3.05, 3.63) is 0 Å². The zero-order valence-electron chi connectivity index (χ0n) is 11.1. The second-order valence-corrected chi connectivity index (χ2v) is 5.83. The van der Waals surface area contributed by atoms with E-state index in [9.17, 15) is 0 Å². The van der Waals surface area contributed by atoms with E-state index < -0.39 is 0 Å². The topological polar surface area (TPSA) is 15.3 Å². The van der Waals surface area contributed by atoms with Crippen LogP contribution in [0.5, 0.6) is 0 Å². The highest BCUT2D eigenvalue weighted by atomic mass is 15.2. The predicted molar refractivity (Wildman–Crippen MR) is 69.7 cm³/mol. The fourth-order valence-electron chi connectivity index (χ4n) is 3.17. The molecule has 1 saturated heterocycles. The van der Waals surface area contributed by atoms with E-state index in [1.54, 1.807) is 0 Å². The van der Waals surface area contributed by atoms with Gasteiger partial charge in [0.05, 0.1) is 0 Å². The van der Waals surface area contributed by atoms with Crippen molar-refractivity contribution in [1.29, 1.82) is 0 Å². The summed E-state index contributed by atoms with van der Waals surface area (Å²) in [5, 5.41) is 3.79. The maximum atomic E-state index is 3.79. The van der Waals surface area contributed by atoms with Crippen molar-refractivity contribution in [3.63, 3.8) is 0 Å². The molecule has 94 valence electrons. The maximum absolute atomic E-state index is 3.79. The van der Waals surface area contributed by atoms with Crippen LogP contribution in [0.3, 0.4) is 0 Å². The normalized spacial score (nSPS) is 30.2. The first kappa shape index (κ1) is 12.4. The van der Waals surface area contributed by atoms with Gasteiger partial charge in [0.1, 0.15) is 0 Å². The molecule has 1 aliphatic heterocycles. The molecule has 1 unspecified atom stereocenters. The zero-order chi connectivity index (χ0) is 11.4. The van der Waals surface area contributed by atoms with Gasteiger partial charge in [-0.15, -0.1) is 0 Å². The minimum absolute atomic E-state index is 0.458. The monoisotopic (exact) mass is 224 g/mol. The number of rotatable bonds is 7. The van der Waals surface area contributed by atoms with E-state index in [2.05, 4.69) is 24.1 Å². The molecule has 0 radical (unpaired) electrons. The van der Waals surface area contributed by atoms with Crippen molar-refractivity contribution in [1.82, 2.24) is 10.2 Å². The van der Waals surface area contributed by atoms with Gasteiger partial charge in [0.2, 0.25) is 0 Å². The van der Waals surface area contributed by atoms with Gasteiger partial charge in [0.25, 0.3) is 0 Å². The minimum Gasteiger partial charge on any atom is -0.310 e. The fourth-order valence-corrected chi connectivity index (χ4v) is 3.17. The maximum Gasteiger partial charge on any atom is 0.0309 e. The number of nitrogens with zero attached hydrogens (tertiary/aromatic N) is 1. The van der Waals surface area contributed by atoms with Crippen molar-refractivity contribution in [2.75, 3.05) is 26.2 Å². The molecule has 16 heavy (non-hydrogen) atoms. The fraction of sp³-hybridized carbons (Fsp3) is 1.00. The molecule has 1 heterocycles. The van der Waals surface area contributed by atoms with Crippen LogP contribution in [0.4, 0.5) is 0 Å². The van der Waals surface area contributed by atoms with Crippen molar-refractivity contribution in [2.24, 2.45) is 5.92 Å². The van der Waals surface area contributed by atoms with Gasteiger partial charge in [-0.3, -0.25) is 0 Å². The summed E-state index contributed by atoms with van der Waals surface area (Å²) in [6.45, 7) is 9.73. The Morgan fingerprint density at radius 2 is 2.12 bits per heavy atom. The largest absolute Gasteiger partial charge is 0.310 e. The van der Waals surface area contributed by atoms with Crippen LogP contribution in [-0.4, -0.2) is 36.6 Å². The first-order chi connectivity index (χ1) is 7.78. The summed E-state index contributed by atoms with van der Waals surface area (Å²) in [4.78, 5) is 2.69. The molecule has 1 saturated carbocycles. The summed E-state index contributed by atoms with van der Waals surface area (Å²) < 4.78 is 0. The second kappa shape index (κ2) is 5.50. The summed E-state index contributed by atoms with van der Waals surface area (Å²) in [6, 6.07) is 0. The van der Waals surface area contributed by atoms with Gasteiger partial charge >= 0.3 is 0 Å². The van der Waals surface area contributed by atoms with E-state index in [1.165, 1.54) is 64.7 Å². The van der Waals surface area contributed by atoms with E-state index in [0.29, 0.717) is 5.54 Å². The van der Waals surface area contributed by atoms with Gasteiger partial charge in [0.15, 0.2) is 0 Å². The molecule has 2 nitrogen and oxygen atoms in total. The van der Waals surface area contributed by atoms with Crippen LogP contribution < -0.4 is 5.32 Å². The summed E-state index contributed by atoms with van der Waals surface area (Å²) in [5.41, 5.74) is 0.458. The van der Waals surface area contributed by atoms with Crippen LogP contribution in [0.2, 0.25) is 0 Å². The van der Waals surface area contributed by atoms with Crippen molar-refractivity contribution >= 4 is 0 Å². The van der Waals surface area contributed by atoms with E-state index in [0.717, 1.165) is 5.92 Å². The van der Waals surface area contributed by atoms with Crippen molar-refractivity contribution in [2.45, 2.75) is 57.9 Å². The first-order valence-electron chi connectivity index (χ1n) is 7.25. The summed E-state index contributed by atoms with van der Waals surface area (Å²) in [7, 11) is 0. The molecule has 0 spiro atoms. The number of nitrogens with one attached hydrogen (secondary N) is 1. The van der Waals surface area contributed by atoms with Crippen molar-refractivity contribution < 1.29 is 0 Å². The van der Waals surface area contributed by atoms with Gasteiger partial charge in [-0.05, 0) is 51.1 Å². The lowest BCUT2D eigenvalue weighted by molar-refractivity contribution is 0.184.